The predicted octanol–water partition coefficient (Wildman–Crippen LogP) is 2.03. The van der Waals surface area contributed by atoms with Crippen LogP contribution in [0, 0.1) is 11.7 Å². The molecule has 0 aromatic heterocycles. The lowest BCUT2D eigenvalue weighted by atomic mass is 9.86. The van der Waals surface area contributed by atoms with Crippen molar-refractivity contribution in [1.29, 1.82) is 0 Å². The van der Waals surface area contributed by atoms with Crippen molar-refractivity contribution in [3.05, 3.63) is 65.5 Å². The van der Waals surface area contributed by atoms with E-state index < -0.39 is 29.5 Å². The highest BCUT2D eigenvalue weighted by atomic mass is 19.1. The van der Waals surface area contributed by atoms with Crippen LogP contribution in [0.25, 0.3) is 0 Å². The Kier molecular flexibility index (Phi) is 3.94. The normalized spacial score (nSPS) is 20.1. The Morgan fingerprint density at radius 1 is 1.17 bits per heavy atom. The van der Waals surface area contributed by atoms with Gasteiger partial charge in [0.05, 0.1) is 11.1 Å². The average molecular weight is 314 g/mol. The number of para-hydroxylation sites is 1. The van der Waals surface area contributed by atoms with Gasteiger partial charge in [0, 0.05) is 7.05 Å². The summed E-state index contributed by atoms with van der Waals surface area (Å²) in [6.45, 7) is 0. The molecule has 3 rings (SSSR count). The Morgan fingerprint density at radius 2 is 1.83 bits per heavy atom. The third-order valence-corrected chi connectivity index (χ3v) is 3.79. The molecule has 1 heterocycles. The summed E-state index contributed by atoms with van der Waals surface area (Å²) in [4.78, 5) is 25.5. The van der Waals surface area contributed by atoms with E-state index in [1.54, 1.807) is 30.3 Å². The number of ketones is 2. The number of fused-ring (bicyclic) bond motifs is 1. The van der Waals surface area contributed by atoms with Crippen molar-refractivity contribution in [1.82, 2.24) is 5.01 Å². The lowest BCUT2D eigenvalue weighted by molar-refractivity contribution is -0.00312. The molecule has 0 fully saturated rings. The van der Waals surface area contributed by atoms with Crippen LogP contribution in [0.3, 0.4) is 0 Å². The summed E-state index contributed by atoms with van der Waals surface area (Å²) in [5, 5.41) is 1.15. The first-order valence-corrected chi connectivity index (χ1v) is 7.07. The van der Waals surface area contributed by atoms with Crippen LogP contribution >= 0.6 is 0 Å². The Hall–Kier alpha value is -2.57. The molecule has 2 aromatic rings. The first-order chi connectivity index (χ1) is 11.0. The summed E-state index contributed by atoms with van der Waals surface area (Å²) in [5.74, 6) is 3.12. The molecule has 0 saturated heterocycles. The van der Waals surface area contributed by atoms with Crippen LogP contribution in [0.15, 0.2) is 48.5 Å². The number of carbonyl (C=O) groups excluding carboxylic acids is 2. The first-order valence-electron chi connectivity index (χ1n) is 7.07. The SMILES string of the molecule is CN(N)C1Oc2ccccc2C(=O)C1C(=O)c1ccccc1F. The number of nitrogens with two attached hydrogens (primary N) is 1. The van der Waals surface area contributed by atoms with Crippen LogP contribution < -0.4 is 10.6 Å². The maximum Gasteiger partial charge on any atom is 0.182 e. The van der Waals surface area contributed by atoms with Gasteiger partial charge >= 0.3 is 0 Å². The smallest absolute Gasteiger partial charge is 0.182 e. The molecular formula is C17H15FN2O3. The molecule has 118 valence electrons. The lowest BCUT2D eigenvalue weighted by Crippen LogP contribution is -2.54. The van der Waals surface area contributed by atoms with Gasteiger partial charge in [-0.3, -0.25) is 15.4 Å². The van der Waals surface area contributed by atoms with E-state index in [9.17, 15) is 14.0 Å². The number of halogens is 1. The van der Waals surface area contributed by atoms with Crippen LogP contribution in [0.4, 0.5) is 4.39 Å². The zero-order chi connectivity index (χ0) is 16.6. The highest BCUT2D eigenvalue weighted by Crippen LogP contribution is 2.33. The molecule has 2 unspecified atom stereocenters. The minimum absolute atomic E-state index is 0.152. The van der Waals surface area contributed by atoms with Crippen molar-refractivity contribution in [2.24, 2.45) is 11.8 Å². The highest BCUT2D eigenvalue weighted by Gasteiger charge is 2.44. The van der Waals surface area contributed by atoms with Crippen molar-refractivity contribution in [3.63, 3.8) is 0 Å². The molecular weight excluding hydrogens is 299 g/mol. The number of rotatable bonds is 3. The van der Waals surface area contributed by atoms with Crippen molar-refractivity contribution >= 4 is 11.6 Å². The van der Waals surface area contributed by atoms with Crippen LogP contribution in [0.2, 0.25) is 0 Å². The minimum Gasteiger partial charge on any atom is -0.472 e. The van der Waals surface area contributed by atoms with Gasteiger partial charge in [0.25, 0.3) is 0 Å². The summed E-state index contributed by atoms with van der Waals surface area (Å²) in [6.07, 6.45) is -0.996. The molecule has 2 N–H and O–H groups in total. The summed E-state index contributed by atoms with van der Waals surface area (Å²) in [5.41, 5.74) is 0.140. The summed E-state index contributed by atoms with van der Waals surface area (Å²) in [7, 11) is 1.49. The van der Waals surface area contributed by atoms with E-state index in [0.717, 1.165) is 5.01 Å². The van der Waals surface area contributed by atoms with Crippen LogP contribution in [-0.2, 0) is 0 Å². The quantitative estimate of drug-likeness (QED) is 0.406. The van der Waals surface area contributed by atoms with E-state index in [0.29, 0.717) is 11.3 Å². The number of Topliss-reactive ketones (excluding diaryl/α,β-unsaturated/α-hetero) is 2. The average Bonchev–Trinajstić information content (AvgIpc) is 2.54. The topological polar surface area (TPSA) is 72.6 Å². The number of ether oxygens (including phenoxy) is 1. The number of hydrogen-bond donors (Lipinski definition) is 1. The van der Waals surface area contributed by atoms with Gasteiger partial charge < -0.3 is 4.74 Å². The Balaban J connectivity index is 2.07. The fraction of sp³-hybridized carbons (Fsp3) is 0.176. The van der Waals surface area contributed by atoms with Crippen molar-refractivity contribution in [2.45, 2.75) is 6.23 Å². The molecule has 0 bridgehead atoms. The molecule has 1 aliphatic heterocycles. The second-order valence-electron chi connectivity index (χ2n) is 5.36. The summed E-state index contributed by atoms with van der Waals surface area (Å²) >= 11 is 0. The summed E-state index contributed by atoms with van der Waals surface area (Å²) < 4.78 is 19.6. The molecule has 0 saturated carbocycles. The minimum atomic E-state index is -1.23. The molecule has 23 heavy (non-hydrogen) atoms. The van der Waals surface area contributed by atoms with Crippen molar-refractivity contribution in [2.75, 3.05) is 7.05 Å². The van der Waals surface area contributed by atoms with Gasteiger partial charge in [-0.05, 0) is 24.3 Å². The Labute approximate surface area is 132 Å². The standard InChI is InChI=1S/C17H15FN2O3/c1-20(19)17-14(15(21)10-6-2-4-8-12(10)18)16(22)11-7-3-5-9-13(11)23-17/h2-9,14,17H,19H2,1H3. The van der Waals surface area contributed by atoms with E-state index >= 15 is 0 Å². The lowest BCUT2D eigenvalue weighted by Gasteiger charge is -2.35. The van der Waals surface area contributed by atoms with E-state index in [2.05, 4.69) is 0 Å². The molecule has 5 nitrogen and oxygen atoms in total. The number of nitrogens with zero attached hydrogens (tertiary/aromatic N) is 1. The third-order valence-electron chi connectivity index (χ3n) is 3.79. The Bertz CT molecular complexity index is 776. The van der Waals surface area contributed by atoms with E-state index in [1.165, 1.54) is 25.2 Å². The Morgan fingerprint density at radius 3 is 2.52 bits per heavy atom. The molecule has 0 spiro atoms. The van der Waals surface area contributed by atoms with E-state index in [-0.39, 0.29) is 5.56 Å². The fourth-order valence-electron chi connectivity index (χ4n) is 2.66. The largest absolute Gasteiger partial charge is 0.472 e. The van der Waals surface area contributed by atoms with Crippen molar-refractivity contribution < 1.29 is 18.7 Å². The molecule has 0 amide bonds. The molecule has 2 aromatic carbocycles. The monoisotopic (exact) mass is 314 g/mol. The fourth-order valence-corrected chi connectivity index (χ4v) is 2.66. The molecule has 0 aliphatic carbocycles. The molecule has 0 radical (unpaired) electrons. The van der Waals surface area contributed by atoms with Gasteiger partial charge in [-0.15, -0.1) is 0 Å². The van der Waals surface area contributed by atoms with Gasteiger partial charge in [0.15, 0.2) is 17.8 Å². The first kappa shape index (κ1) is 15.3. The zero-order valence-electron chi connectivity index (χ0n) is 12.4. The zero-order valence-corrected chi connectivity index (χ0v) is 12.4. The summed E-state index contributed by atoms with van der Waals surface area (Å²) in [6, 6.07) is 12.2. The van der Waals surface area contributed by atoms with E-state index in [1.807, 2.05) is 0 Å². The number of benzene rings is 2. The number of hydrogen-bond acceptors (Lipinski definition) is 5. The second-order valence-corrected chi connectivity index (χ2v) is 5.36. The maximum absolute atomic E-state index is 13.9. The highest BCUT2D eigenvalue weighted by molar-refractivity contribution is 6.18. The predicted molar refractivity (Wildman–Crippen MR) is 81.4 cm³/mol. The molecule has 6 heteroatoms. The van der Waals surface area contributed by atoms with Gasteiger partial charge in [-0.25, -0.2) is 9.40 Å². The third kappa shape index (κ3) is 2.62. The van der Waals surface area contributed by atoms with Crippen LogP contribution in [0.5, 0.6) is 5.75 Å². The van der Waals surface area contributed by atoms with E-state index in [4.69, 9.17) is 10.6 Å². The van der Waals surface area contributed by atoms with Gasteiger partial charge in [-0.1, -0.05) is 24.3 Å². The number of carbonyl (C=O) groups is 2. The second kappa shape index (κ2) is 5.91. The number of hydrazine groups is 1. The maximum atomic E-state index is 13.9. The molecule has 2 atom stereocenters. The van der Waals surface area contributed by atoms with Crippen molar-refractivity contribution in [3.8, 4) is 5.75 Å². The van der Waals surface area contributed by atoms with Gasteiger partial charge in [-0.2, -0.15) is 0 Å². The van der Waals surface area contributed by atoms with Crippen LogP contribution in [-0.4, -0.2) is 29.9 Å². The molecule has 1 aliphatic rings. The van der Waals surface area contributed by atoms with Gasteiger partial charge in [0.2, 0.25) is 0 Å². The van der Waals surface area contributed by atoms with Gasteiger partial charge in [0.1, 0.15) is 17.5 Å². The van der Waals surface area contributed by atoms with Crippen LogP contribution in [0.1, 0.15) is 20.7 Å².